The standard InChI is InChI=1S/C12H22N2O4/c1-10(6-8-17-11(15)13(2)3)7-9-18-12(16)14(4)5/h6H,7-9H2,1-5H3/b10-6+. The van der Waals surface area contributed by atoms with Crippen molar-refractivity contribution in [2.45, 2.75) is 13.3 Å². The molecular formula is C12H22N2O4. The molecule has 0 aliphatic carbocycles. The van der Waals surface area contributed by atoms with Gasteiger partial charge in [-0.3, -0.25) is 0 Å². The molecule has 0 fully saturated rings. The first-order valence-electron chi connectivity index (χ1n) is 5.68. The van der Waals surface area contributed by atoms with Crippen LogP contribution in [0.4, 0.5) is 9.59 Å². The van der Waals surface area contributed by atoms with Crippen molar-refractivity contribution in [2.24, 2.45) is 0 Å². The predicted octanol–water partition coefficient (Wildman–Crippen LogP) is 1.72. The van der Waals surface area contributed by atoms with E-state index in [0.717, 1.165) is 5.57 Å². The predicted molar refractivity (Wildman–Crippen MR) is 68.4 cm³/mol. The molecule has 0 saturated heterocycles. The third-order valence-electron chi connectivity index (χ3n) is 2.09. The van der Waals surface area contributed by atoms with Gasteiger partial charge in [0.15, 0.2) is 0 Å². The maximum atomic E-state index is 11.1. The number of carbonyl (C=O) groups is 2. The minimum atomic E-state index is -0.377. The van der Waals surface area contributed by atoms with Crippen LogP contribution >= 0.6 is 0 Å². The molecule has 0 radical (unpaired) electrons. The number of nitrogens with zero attached hydrogens (tertiary/aromatic N) is 2. The summed E-state index contributed by atoms with van der Waals surface area (Å²) < 4.78 is 9.90. The topological polar surface area (TPSA) is 59.1 Å². The minimum Gasteiger partial charge on any atom is -0.449 e. The molecule has 0 unspecified atom stereocenters. The number of hydrogen-bond acceptors (Lipinski definition) is 4. The van der Waals surface area contributed by atoms with Crippen LogP contribution in [0.1, 0.15) is 13.3 Å². The minimum absolute atomic E-state index is 0.227. The van der Waals surface area contributed by atoms with E-state index in [9.17, 15) is 9.59 Å². The van der Waals surface area contributed by atoms with Gasteiger partial charge in [-0.05, 0) is 13.0 Å². The molecule has 0 N–H and O–H groups in total. The van der Waals surface area contributed by atoms with Crippen molar-refractivity contribution in [2.75, 3.05) is 41.4 Å². The molecule has 6 heteroatoms. The van der Waals surface area contributed by atoms with E-state index in [1.54, 1.807) is 34.3 Å². The Morgan fingerprint density at radius 2 is 1.50 bits per heavy atom. The van der Waals surface area contributed by atoms with Gasteiger partial charge in [0.05, 0.1) is 6.61 Å². The molecule has 6 nitrogen and oxygen atoms in total. The molecule has 0 heterocycles. The van der Waals surface area contributed by atoms with Gasteiger partial charge in [0.1, 0.15) is 6.61 Å². The van der Waals surface area contributed by atoms with Crippen molar-refractivity contribution < 1.29 is 19.1 Å². The van der Waals surface area contributed by atoms with Crippen LogP contribution in [0.3, 0.4) is 0 Å². The van der Waals surface area contributed by atoms with E-state index in [1.807, 2.05) is 6.92 Å². The molecular weight excluding hydrogens is 236 g/mol. The molecule has 0 spiro atoms. The van der Waals surface area contributed by atoms with Crippen molar-refractivity contribution in [3.8, 4) is 0 Å². The first-order chi connectivity index (χ1) is 8.34. The molecule has 0 rings (SSSR count). The fourth-order valence-electron chi connectivity index (χ4n) is 0.915. The normalized spacial score (nSPS) is 10.8. The Morgan fingerprint density at radius 1 is 1.00 bits per heavy atom. The molecule has 0 aliphatic rings. The first-order valence-corrected chi connectivity index (χ1v) is 5.68. The third kappa shape index (κ3) is 7.54. The van der Waals surface area contributed by atoms with E-state index in [4.69, 9.17) is 9.47 Å². The summed E-state index contributed by atoms with van der Waals surface area (Å²) in [6, 6.07) is 0. The fourth-order valence-corrected chi connectivity index (χ4v) is 0.915. The van der Waals surface area contributed by atoms with Crippen LogP contribution in [-0.4, -0.2) is 63.4 Å². The highest BCUT2D eigenvalue weighted by molar-refractivity contribution is 5.67. The fraction of sp³-hybridized carbons (Fsp3) is 0.667. The lowest BCUT2D eigenvalue weighted by Gasteiger charge is -2.11. The zero-order valence-electron chi connectivity index (χ0n) is 11.7. The summed E-state index contributed by atoms with van der Waals surface area (Å²) >= 11 is 0. The van der Waals surface area contributed by atoms with Crippen LogP contribution < -0.4 is 0 Å². The highest BCUT2D eigenvalue weighted by Gasteiger charge is 2.04. The van der Waals surface area contributed by atoms with Gasteiger partial charge in [-0.15, -0.1) is 0 Å². The highest BCUT2D eigenvalue weighted by Crippen LogP contribution is 2.01. The molecule has 0 aliphatic heterocycles. The molecule has 0 atom stereocenters. The Bertz CT molecular complexity index is 311. The molecule has 0 aromatic heterocycles. The van der Waals surface area contributed by atoms with Gasteiger partial charge in [0, 0.05) is 34.6 Å². The van der Waals surface area contributed by atoms with Crippen molar-refractivity contribution in [3.63, 3.8) is 0 Å². The lowest BCUT2D eigenvalue weighted by atomic mass is 10.2. The average Bonchev–Trinajstić information content (AvgIpc) is 2.28. The smallest absolute Gasteiger partial charge is 0.409 e. The Hall–Kier alpha value is -1.72. The van der Waals surface area contributed by atoms with Crippen LogP contribution in [0.2, 0.25) is 0 Å². The number of amides is 2. The van der Waals surface area contributed by atoms with Crippen molar-refractivity contribution in [1.29, 1.82) is 0 Å². The SMILES string of the molecule is C/C(=C\COC(=O)N(C)C)CCOC(=O)N(C)C. The Kier molecular flexibility index (Phi) is 7.58. The second kappa shape index (κ2) is 8.38. The third-order valence-corrected chi connectivity index (χ3v) is 2.09. The Morgan fingerprint density at radius 3 is 2.00 bits per heavy atom. The summed E-state index contributed by atoms with van der Waals surface area (Å²) in [6.45, 7) is 2.44. The maximum absolute atomic E-state index is 11.1. The average molecular weight is 258 g/mol. The molecule has 0 aromatic rings. The second-order valence-corrected chi connectivity index (χ2v) is 4.28. The zero-order chi connectivity index (χ0) is 14.1. The molecule has 0 saturated carbocycles. The van der Waals surface area contributed by atoms with Crippen LogP contribution in [-0.2, 0) is 9.47 Å². The van der Waals surface area contributed by atoms with E-state index >= 15 is 0 Å². The second-order valence-electron chi connectivity index (χ2n) is 4.28. The summed E-state index contributed by atoms with van der Waals surface area (Å²) in [7, 11) is 6.51. The highest BCUT2D eigenvalue weighted by atomic mass is 16.6. The number of carbonyl (C=O) groups excluding carboxylic acids is 2. The van der Waals surface area contributed by atoms with Gasteiger partial charge in [-0.25, -0.2) is 9.59 Å². The molecule has 18 heavy (non-hydrogen) atoms. The summed E-state index contributed by atoms with van der Waals surface area (Å²) in [6.07, 6.45) is 1.68. The van der Waals surface area contributed by atoms with Gasteiger partial charge in [-0.1, -0.05) is 5.57 Å². The molecule has 0 aromatic carbocycles. The van der Waals surface area contributed by atoms with Crippen LogP contribution in [0, 0.1) is 0 Å². The quantitative estimate of drug-likeness (QED) is 0.704. The molecule has 2 amide bonds. The van der Waals surface area contributed by atoms with Gasteiger partial charge < -0.3 is 19.3 Å². The van der Waals surface area contributed by atoms with E-state index in [1.165, 1.54) is 9.80 Å². The number of hydrogen-bond donors (Lipinski definition) is 0. The molecule has 0 bridgehead atoms. The molecule has 104 valence electrons. The summed E-state index contributed by atoms with van der Waals surface area (Å²) in [5, 5.41) is 0. The van der Waals surface area contributed by atoms with E-state index in [2.05, 4.69) is 0 Å². The van der Waals surface area contributed by atoms with E-state index in [0.29, 0.717) is 13.0 Å². The van der Waals surface area contributed by atoms with Gasteiger partial charge in [0.25, 0.3) is 0 Å². The van der Waals surface area contributed by atoms with E-state index < -0.39 is 0 Å². The lowest BCUT2D eigenvalue weighted by molar-refractivity contribution is 0.119. The Labute approximate surface area is 108 Å². The maximum Gasteiger partial charge on any atom is 0.409 e. The largest absolute Gasteiger partial charge is 0.449 e. The van der Waals surface area contributed by atoms with Gasteiger partial charge in [-0.2, -0.15) is 0 Å². The summed E-state index contributed by atoms with van der Waals surface area (Å²) in [4.78, 5) is 25.0. The van der Waals surface area contributed by atoms with Crippen LogP contribution in [0.25, 0.3) is 0 Å². The van der Waals surface area contributed by atoms with Crippen LogP contribution in [0.5, 0.6) is 0 Å². The summed E-state index contributed by atoms with van der Waals surface area (Å²) in [5.41, 5.74) is 1.01. The monoisotopic (exact) mass is 258 g/mol. The van der Waals surface area contributed by atoms with Gasteiger partial charge >= 0.3 is 12.2 Å². The summed E-state index contributed by atoms with van der Waals surface area (Å²) in [5.74, 6) is 0. The Balaban J connectivity index is 3.79. The van der Waals surface area contributed by atoms with Crippen molar-refractivity contribution >= 4 is 12.2 Å². The van der Waals surface area contributed by atoms with Crippen LogP contribution in [0.15, 0.2) is 11.6 Å². The number of ether oxygens (including phenoxy) is 2. The van der Waals surface area contributed by atoms with Crippen molar-refractivity contribution in [3.05, 3.63) is 11.6 Å². The van der Waals surface area contributed by atoms with E-state index in [-0.39, 0.29) is 18.8 Å². The number of rotatable bonds is 5. The van der Waals surface area contributed by atoms with Crippen molar-refractivity contribution in [1.82, 2.24) is 9.80 Å². The van der Waals surface area contributed by atoms with Gasteiger partial charge in [0.2, 0.25) is 0 Å². The lowest BCUT2D eigenvalue weighted by Crippen LogP contribution is -2.23. The zero-order valence-corrected chi connectivity index (χ0v) is 11.7. The first kappa shape index (κ1) is 16.3.